The number of fused-ring (bicyclic) bond motifs is 5. The van der Waals surface area contributed by atoms with E-state index in [0.717, 1.165) is 28.0 Å². The summed E-state index contributed by atoms with van der Waals surface area (Å²) in [7, 11) is 0. The maximum Gasteiger partial charge on any atom is 0.297 e. The summed E-state index contributed by atoms with van der Waals surface area (Å²) in [5.74, 6) is -1.13. The number of aryl methyl sites for hydroxylation is 1. The highest BCUT2D eigenvalue weighted by Crippen LogP contribution is 2.55. The van der Waals surface area contributed by atoms with E-state index >= 15 is 4.79 Å². The molecule has 0 fully saturated rings. The molecule has 0 aliphatic carbocycles. The minimum atomic E-state index is -1.87. The predicted molar refractivity (Wildman–Crippen MR) is 175 cm³/mol. The zero-order valence-electron chi connectivity index (χ0n) is 24.3. The maximum atomic E-state index is 15.1. The molecule has 2 aliphatic rings. The fourth-order valence-electron chi connectivity index (χ4n) is 6.28. The monoisotopic (exact) mass is 646 g/mol. The van der Waals surface area contributed by atoms with Crippen LogP contribution in [-0.4, -0.2) is 22.0 Å². The molecule has 226 valence electrons. The molecule has 4 aromatic carbocycles. The van der Waals surface area contributed by atoms with Crippen molar-refractivity contribution in [2.75, 3.05) is 9.80 Å². The number of amides is 2. The number of carbonyl (C=O) groups is 2. The number of anilines is 2. The molecule has 0 N–H and O–H groups in total. The smallest absolute Gasteiger partial charge is 0.297 e. The lowest BCUT2D eigenvalue weighted by Gasteiger charge is -2.32. The van der Waals surface area contributed by atoms with E-state index in [9.17, 15) is 14.0 Å². The molecule has 2 amide bonds. The van der Waals surface area contributed by atoms with Gasteiger partial charge in [0.05, 0.1) is 23.2 Å². The van der Waals surface area contributed by atoms with E-state index in [4.69, 9.17) is 4.42 Å². The molecule has 0 bridgehead atoms. The third kappa shape index (κ3) is 4.22. The molecular formula is C35H23FN4O4S2. The number of rotatable bonds is 6. The van der Waals surface area contributed by atoms with Crippen molar-refractivity contribution in [3.63, 3.8) is 0 Å². The van der Waals surface area contributed by atoms with Gasteiger partial charge in [0.1, 0.15) is 11.4 Å². The molecule has 1 spiro atoms. The van der Waals surface area contributed by atoms with Crippen molar-refractivity contribution < 1.29 is 18.4 Å². The van der Waals surface area contributed by atoms with Crippen molar-refractivity contribution in [1.29, 1.82) is 0 Å². The van der Waals surface area contributed by atoms with Gasteiger partial charge in [-0.25, -0.2) is 4.39 Å². The quantitative estimate of drug-likeness (QED) is 0.145. The fraction of sp³-hybridized carbons (Fsp3) is 0.114. The molecule has 11 heteroatoms. The van der Waals surface area contributed by atoms with Gasteiger partial charge in [-0.1, -0.05) is 95.4 Å². The number of thioether (sulfide) groups is 1. The van der Waals surface area contributed by atoms with Gasteiger partial charge >= 0.3 is 0 Å². The molecule has 0 saturated heterocycles. The van der Waals surface area contributed by atoms with Crippen LogP contribution in [-0.2, 0) is 22.6 Å². The lowest BCUT2D eigenvalue weighted by Crippen LogP contribution is -2.53. The van der Waals surface area contributed by atoms with Crippen LogP contribution < -0.4 is 15.2 Å². The number of nitrogens with zero attached hydrogens (tertiary/aromatic N) is 4. The average molecular weight is 647 g/mol. The largest absolute Gasteiger partial charge is 0.450 e. The first-order valence-corrected chi connectivity index (χ1v) is 16.2. The average Bonchev–Trinajstić information content (AvgIpc) is 3.71. The number of benzene rings is 4. The van der Waals surface area contributed by atoms with Crippen LogP contribution in [0.4, 0.5) is 15.2 Å². The first-order valence-electron chi connectivity index (χ1n) is 14.4. The number of hydrogen-bond acceptors (Lipinski definition) is 8. The van der Waals surface area contributed by atoms with Crippen molar-refractivity contribution in [3.8, 4) is 0 Å². The maximum absolute atomic E-state index is 15.1. The summed E-state index contributed by atoms with van der Waals surface area (Å²) in [4.78, 5) is 46.9. The lowest BCUT2D eigenvalue weighted by molar-refractivity contribution is -0.121. The van der Waals surface area contributed by atoms with Gasteiger partial charge in [-0.3, -0.25) is 19.3 Å². The van der Waals surface area contributed by atoms with Gasteiger partial charge in [0.25, 0.3) is 11.8 Å². The zero-order valence-corrected chi connectivity index (χ0v) is 25.9. The van der Waals surface area contributed by atoms with E-state index in [1.54, 1.807) is 47.4 Å². The Bertz CT molecular complexity index is 2250. The van der Waals surface area contributed by atoms with Crippen LogP contribution in [0.1, 0.15) is 38.4 Å². The first-order chi connectivity index (χ1) is 22.4. The van der Waals surface area contributed by atoms with Crippen LogP contribution in [0.5, 0.6) is 0 Å². The Morgan fingerprint density at radius 1 is 0.891 bits per heavy atom. The molecule has 0 radical (unpaired) electrons. The van der Waals surface area contributed by atoms with Crippen molar-refractivity contribution in [2.24, 2.45) is 0 Å². The summed E-state index contributed by atoms with van der Waals surface area (Å²) in [5.41, 5.74) is 1.59. The third-order valence-corrected chi connectivity index (χ3v) is 10.4. The zero-order chi connectivity index (χ0) is 31.6. The molecule has 0 saturated carbocycles. The molecule has 1 atom stereocenters. The van der Waals surface area contributed by atoms with E-state index in [0.29, 0.717) is 21.3 Å². The minimum absolute atomic E-state index is 0.0284. The van der Waals surface area contributed by atoms with Crippen LogP contribution in [0.3, 0.4) is 0 Å². The van der Waals surface area contributed by atoms with Gasteiger partial charge in [-0.05, 0) is 48.4 Å². The van der Waals surface area contributed by atoms with Gasteiger partial charge < -0.3 is 9.32 Å². The van der Waals surface area contributed by atoms with Crippen LogP contribution in [0.25, 0.3) is 11.0 Å². The van der Waals surface area contributed by atoms with Crippen molar-refractivity contribution in [1.82, 2.24) is 10.2 Å². The van der Waals surface area contributed by atoms with Crippen LogP contribution in [0, 0.1) is 12.7 Å². The van der Waals surface area contributed by atoms with E-state index in [2.05, 4.69) is 10.2 Å². The molecule has 46 heavy (non-hydrogen) atoms. The summed E-state index contributed by atoms with van der Waals surface area (Å²) >= 11 is 2.51. The summed E-state index contributed by atoms with van der Waals surface area (Å²) in [6.07, 6.45) is 0. The van der Waals surface area contributed by atoms with E-state index in [-0.39, 0.29) is 39.8 Å². The Balaban J connectivity index is 1.32. The number of aromatic nitrogens is 2. The molecule has 8 nitrogen and oxygen atoms in total. The van der Waals surface area contributed by atoms with Crippen LogP contribution in [0.15, 0.2) is 111 Å². The number of hydrogen-bond donors (Lipinski definition) is 0. The molecule has 4 heterocycles. The van der Waals surface area contributed by atoms with Gasteiger partial charge in [-0.15, -0.1) is 10.2 Å². The van der Waals surface area contributed by atoms with E-state index in [1.165, 1.54) is 28.8 Å². The van der Waals surface area contributed by atoms with E-state index in [1.807, 2.05) is 49.4 Å². The summed E-state index contributed by atoms with van der Waals surface area (Å²) in [6.45, 7) is 2.09. The molecule has 2 aliphatic heterocycles. The van der Waals surface area contributed by atoms with Gasteiger partial charge in [0.2, 0.25) is 10.9 Å². The van der Waals surface area contributed by atoms with Gasteiger partial charge in [0.15, 0.2) is 15.3 Å². The standard InChI is InChI=1S/C35H23FN4O4S2/c1-20-11-16-27-24(17-20)29(41)28-30(44-27)31(42)40(33-37-38-34(46-33)45-19-22-12-14-23(36)15-13-22)35(28)25-9-5-6-10-26(25)39(32(35)43)18-21-7-3-2-4-8-21/h2-17H,18-19H2,1H3. The molecule has 8 rings (SSSR count). The SMILES string of the molecule is Cc1ccc2oc3c(c(=O)c2c1)C1(C(=O)N(Cc2ccccc2)c2ccccc21)N(c1nnc(SCc2ccc(F)cc2)s1)C3=O. The molecular weight excluding hydrogens is 624 g/mol. The highest BCUT2D eigenvalue weighted by Gasteiger charge is 2.66. The number of carbonyl (C=O) groups excluding carboxylic acids is 2. The van der Waals surface area contributed by atoms with Crippen LogP contribution in [0.2, 0.25) is 0 Å². The Labute approximate surface area is 270 Å². The summed E-state index contributed by atoms with van der Waals surface area (Å²) < 4.78 is 20.1. The second-order valence-corrected chi connectivity index (χ2v) is 13.3. The second-order valence-electron chi connectivity index (χ2n) is 11.1. The molecule has 2 aromatic heterocycles. The number of halogens is 1. The van der Waals surface area contributed by atoms with E-state index < -0.39 is 22.8 Å². The molecule has 6 aromatic rings. The highest BCUT2D eigenvalue weighted by atomic mass is 32.2. The molecule has 1 unspecified atom stereocenters. The van der Waals surface area contributed by atoms with Crippen molar-refractivity contribution in [2.45, 2.75) is 29.1 Å². The third-order valence-electron chi connectivity index (χ3n) is 8.33. The minimum Gasteiger partial charge on any atom is -0.450 e. The Hall–Kier alpha value is -5.13. The van der Waals surface area contributed by atoms with Gasteiger partial charge in [0, 0.05) is 11.3 Å². The number of para-hydroxylation sites is 1. The fourth-order valence-corrected chi connectivity index (χ4v) is 8.12. The topological polar surface area (TPSA) is 96.6 Å². The normalized spacial score (nSPS) is 16.9. The second kappa shape index (κ2) is 10.7. The Morgan fingerprint density at radius 2 is 1.65 bits per heavy atom. The van der Waals surface area contributed by atoms with Gasteiger partial charge in [-0.2, -0.15) is 0 Å². The highest BCUT2D eigenvalue weighted by molar-refractivity contribution is 8.00. The Morgan fingerprint density at radius 3 is 2.46 bits per heavy atom. The summed E-state index contributed by atoms with van der Waals surface area (Å²) in [5, 5.41) is 9.16. The first kappa shape index (κ1) is 28.4. The predicted octanol–water partition coefficient (Wildman–Crippen LogP) is 6.84. The van der Waals surface area contributed by atoms with Crippen molar-refractivity contribution >= 4 is 56.7 Å². The van der Waals surface area contributed by atoms with Crippen molar-refractivity contribution in [3.05, 3.63) is 147 Å². The Kier molecular flexibility index (Phi) is 6.62. The summed E-state index contributed by atoms with van der Waals surface area (Å²) in [6, 6.07) is 28.1. The van der Waals surface area contributed by atoms with Crippen LogP contribution >= 0.6 is 23.1 Å². The lowest BCUT2D eigenvalue weighted by atomic mass is 9.84.